The Kier molecular flexibility index (Phi) is 2.74. The number of aromatic carboxylic acids is 1. The van der Waals surface area contributed by atoms with Crippen LogP contribution >= 0.6 is 0 Å². The third-order valence-corrected chi connectivity index (χ3v) is 1.81. The Hall–Kier alpha value is -1.71. The van der Waals surface area contributed by atoms with Crippen molar-refractivity contribution in [3.8, 4) is 0 Å². The molecule has 0 bridgehead atoms. The Morgan fingerprint density at radius 3 is 2.69 bits per heavy atom. The molecule has 0 aliphatic carbocycles. The molecule has 0 saturated carbocycles. The average molecular weight is 179 g/mol. The maximum Gasteiger partial charge on any atom is 0.335 e. The molecule has 1 aromatic rings. The molecule has 0 aliphatic heterocycles. The van der Waals surface area contributed by atoms with Gasteiger partial charge in [0.1, 0.15) is 5.69 Å². The molecule has 1 N–H and O–H groups in total. The number of rotatable bonds is 3. The van der Waals surface area contributed by atoms with E-state index in [1.54, 1.807) is 6.07 Å². The summed E-state index contributed by atoms with van der Waals surface area (Å²) in [6.45, 7) is 1.88. The third kappa shape index (κ3) is 1.90. The molecule has 4 heteroatoms. The second kappa shape index (κ2) is 3.80. The lowest BCUT2D eigenvalue weighted by Crippen LogP contribution is -1.96. The van der Waals surface area contributed by atoms with E-state index in [4.69, 9.17) is 5.11 Å². The third-order valence-electron chi connectivity index (χ3n) is 1.81. The number of hydrogen-bond donors (Lipinski definition) is 1. The summed E-state index contributed by atoms with van der Waals surface area (Å²) >= 11 is 0. The maximum atomic E-state index is 10.5. The van der Waals surface area contributed by atoms with Gasteiger partial charge in [-0.25, -0.2) is 4.79 Å². The summed E-state index contributed by atoms with van der Waals surface area (Å²) < 4.78 is 0. The Bertz CT molecular complexity index is 347. The van der Waals surface area contributed by atoms with E-state index in [0.29, 0.717) is 6.42 Å². The minimum Gasteiger partial charge on any atom is -0.478 e. The second-order valence-electron chi connectivity index (χ2n) is 2.59. The number of benzene rings is 1. The molecule has 4 nitrogen and oxygen atoms in total. The second-order valence-corrected chi connectivity index (χ2v) is 2.59. The van der Waals surface area contributed by atoms with Gasteiger partial charge < -0.3 is 5.11 Å². The summed E-state index contributed by atoms with van der Waals surface area (Å²) in [5.74, 6) is -1.05. The first-order valence-corrected chi connectivity index (χ1v) is 3.88. The van der Waals surface area contributed by atoms with E-state index in [1.165, 1.54) is 12.1 Å². The Labute approximate surface area is 75.2 Å². The van der Waals surface area contributed by atoms with Crippen LogP contribution in [0.4, 0.5) is 5.69 Å². The molecule has 0 amide bonds. The lowest BCUT2D eigenvalue weighted by atomic mass is 10.1. The fraction of sp³-hybridized carbons (Fsp3) is 0.222. The summed E-state index contributed by atoms with van der Waals surface area (Å²) in [5, 5.41) is 11.4. The Morgan fingerprint density at radius 2 is 2.23 bits per heavy atom. The van der Waals surface area contributed by atoms with E-state index in [2.05, 4.69) is 5.18 Å². The summed E-state index contributed by atoms with van der Waals surface area (Å²) in [6, 6.07) is 4.37. The first-order chi connectivity index (χ1) is 6.19. The standard InChI is InChI=1S/C9H9NO3/c1-2-6-3-4-7(9(11)12)5-8(6)10-13/h3-5H,2H2,1H3,(H,11,12). The minimum atomic E-state index is -1.05. The van der Waals surface area contributed by atoms with E-state index in [1.807, 2.05) is 6.92 Å². The summed E-state index contributed by atoms with van der Waals surface area (Å²) in [4.78, 5) is 20.8. The fourth-order valence-corrected chi connectivity index (χ4v) is 1.08. The van der Waals surface area contributed by atoms with Gasteiger partial charge in [0.25, 0.3) is 0 Å². The van der Waals surface area contributed by atoms with Crippen LogP contribution in [0.2, 0.25) is 0 Å². The topological polar surface area (TPSA) is 66.7 Å². The van der Waals surface area contributed by atoms with Gasteiger partial charge in [-0.3, -0.25) is 0 Å². The molecule has 1 rings (SSSR count). The minimum absolute atomic E-state index is 0.0896. The van der Waals surface area contributed by atoms with E-state index in [0.717, 1.165) is 5.56 Å². The monoisotopic (exact) mass is 179 g/mol. The zero-order chi connectivity index (χ0) is 9.84. The fourth-order valence-electron chi connectivity index (χ4n) is 1.08. The van der Waals surface area contributed by atoms with Crippen molar-refractivity contribution in [2.45, 2.75) is 13.3 Å². The van der Waals surface area contributed by atoms with Crippen molar-refractivity contribution in [3.05, 3.63) is 34.2 Å². The van der Waals surface area contributed by atoms with E-state index in [9.17, 15) is 9.70 Å². The molecule has 0 unspecified atom stereocenters. The van der Waals surface area contributed by atoms with E-state index >= 15 is 0 Å². The molecule has 0 atom stereocenters. The van der Waals surface area contributed by atoms with Gasteiger partial charge in [0, 0.05) is 0 Å². The van der Waals surface area contributed by atoms with Crippen LogP contribution in [0.5, 0.6) is 0 Å². The van der Waals surface area contributed by atoms with Crippen molar-refractivity contribution in [1.82, 2.24) is 0 Å². The number of carboxylic acids is 1. The zero-order valence-corrected chi connectivity index (χ0v) is 7.15. The lowest BCUT2D eigenvalue weighted by molar-refractivity contribution is 0.0697. The predicted octanol–water partition coefficient (Wildman–Crippen LogP) is 2.35. The number of nitroso groups, excluding NO2 is 1. The van der Waals surface area contributed by atoms with Gasteiger partial charge in [0.05, 0.1) is 5.56 Å². The van der Waals surface area contributed by atoms with Crippen molar-refractivity contribution in [2.24, 2.45) is 5.18 Å². The van der Waals surface area contributed by atoms with Gasteiger partial charge >= 0.3 is 5.97 Å². The number of hydrogen-bond acceptors (Lipinski definition) is 3. The highest BCUT2D eigenvalue weighted by Crippen LogP contribution is 2.21. The summed E-state index contributed by atoms with van der Waals surface area (Å²) in [7, 11) is 0. The molecule has 0 spiro atoms. The van der Waals surface area contributed by atoms with Gasteiger partial charge in [-0.05, 0) is 29.3 Å². The number of carbonyl (C=O) groups is 1. The molecular formula is C9H9NO3. The molecule has 0 saturated heterocycles. The molecule has 0 aliphatic rings. The van der Waals surface area contributed by atoms with Gasteiger partial charge in [0.2, 0.25) is 0 Å². The van der Waals surface area contributed by atoms with Gasteiger partial charge in [-0.2, -0.15) is 0 Å². The lowest BCUT2D eigenvalue weighted by Gasteiger charge is -2.00. The van der Waals surface area contributed by atoms with Gasteiger partial charge in [0.15, 0.2) is 0 Å². The van der Waals surface area contributed by atoms with Crippen molar-refractivity contribution >= 4 is 11.7 Å². The first kappa shape index (κ1) is 9.38. The molecule has 0 heterocycles. The largest absolute Gasteiger partial charge is 0.478 e. The van der Waals surface area contributed by atoms with Crippen molar-refractivity contribution in [1.29, 1.82) is 0 Å². The number of nitrogens with zero attached hydrogens (tertiary/aromatic N) is 1. The smallest absolute Gasteiger partial charge is 0.335 e. The molecule has 68 valence electrons. The predicted molar refractivity (Wildman–Crippen MR) is 48.2 cm³/mol. The van der Waals surface area contributed by atoms with Crippen LogP contribution in [0, 0.1) is 4.91 Å². The Balaban J connectivity index is 3.20. The van der Waals surface area contributed by atoms with E-state index in [-0.39, 0.29) is 11.3 Å². The SMILES string of the molecule is CCc1ccc(C(=O)O)cc1N=O. The molecule has 13 heavy (non-hydrogen) atoms. The van der Waals surface area contributed by atoms with Crippen LogP contribution in [0.15, 0.2) is 23.4 Å². The van der Waals surface area contributed by atoms with Crippen molar-refractivity contribution in [3.63, 3.8) is 0 Å². The van der Waals surface area contributed by atoms with Crippen molar-refractivity contribution in [2.75, 3.05) is 0 Å². The summed E-state index contributed by atoms with van der Waals surface area (Å²) in [6.07, 6.45) is 0.668. The van der Waals surface area contributed by atoms with Gasteiger partial charge in [-0.1, -0.05) is 13.0 Å². The molecule has 0 aromatic heterocycles. The zero-order valence-electron chi connectivity index (χ0n) is 7.15. The van der Waals surface area contributed by atoms with Crippen LogP contribution in [0.25, 0.3) is 0 Å². The van der Waals surface area contributed by atoms with Gasteiger partial charge in [-0.15, -0.1) is 4.91 Å². The van der Waals surface area contributed by atoms with Crippen LogP contribution < -0.4 is 0 Å². The van der Waals surface area contributed by atoms with Crippen molar-refractivity contribution < 1.29 is 9.90 Å². The number of carboxylic acid groups (broad SMARTS) is 1. The quantitative estimate of drug-likeness (QED) is 0.724. The highest BCUT2D eigenvalue weighted by Gasteiger charge is 2.07. The molecule has 1 aromatic carbocycles. The van der Waals surface area contributed by atoms with Crippen LogP contribution in [-0.4, -0.2) is 11.1 Å². The normalized spacial score (nSPS) is 9.62. The average Bonchev–Trinajstić information content (AvgIpc) is 2.16. The van der Waals surface area contributed by atoms with Crippen LogP contribution in [0.3, 0.4) is 0 Å². The summed E-state index contributed by atoms with van der Waals surface area (Å²) in [5.41, 5.74) is 1.06. The molecular weight excluding hydrogens is 170 g/mol. The van der Waals surface area contributed by atoms with E-state index < -0.39 is 5.97 Å². The molecule has 0 radical (unpaired) electrons. The first-order valence-electron chi connectivity index (χ1n) is 3.88. The maximum absolute atomic E-state index is 10.5. The Morgan fingerprint density at radius 1 is 1.54 bits per heavy atom. The van der Waals surface area contributed by atoms with Crippen LogP contribution in [0.1, 0.15) is 22.8 Å². The highest BCUT2D eigenvalue weighted by molar-refractivity contribution is 5.88. The van der Waals surface area contributed by atoms with Crippen LogP contribution in [-0.2, 0) is 6.42 Å². The highest BCUT2D eigenvalue weighted by atomic mass is 16.4. The molecule has 0 fully saturated rings. The number of aryl methyl sites for hydroxylation is 1.